The van der Waals surface area contributed by atoms with E-state index in [4.69, 9.17) is 5.11 Å². The summed E-state index contributed by atoms with van der Waals surface area (Å²) >= 11 is 0. The molecule has 0 spiro atoms. The molecule has 1 aromatic carbocycles. The van der Waals surface area contributed by atoms with Gasteiger partial charge in [-0.05, 0) is 44.0 Å². The minimum atomic E-state index is -0.847. The maximum absolute atomic E-state index is 11.9. The number of nitrogens with one attached hydrogen (secondary N) is 2. The maximum atomic E-state index is 11.9. The van der Waals surface area contributed by atoms with E-state index in [9.17, 15) is 14.4 Å². The highest BCUT2D eigenvalue weighted by atomic mass is 35.5. The number of imide groups is 1. The lowest BCUT2D eigenvalue weighted by molar-refractivity contribution is -0.141. The van der Waals surface area contributed by atoms with Gasteiger partial charge in [-0.15, -0.1) is 12.4 Å². The van der Waals surface area contributed by atoms with Crippen LogP contribution in [-0.4, -0.2) is 47.5 Å². The van der Waals surface area contributed by atoms with Crippen molar-refractivity contribution >= 4 is 36.0 Å². The molecule has 1 aliphatic heterocycles. The second-order valence-corrected chi connectivity index (χ2v) is 5.81. The van der Waals surface area contributed by atoms with Crippen molar-refractivity contribution in [3.63, 3.8) is 0 Å². The van der Waals surface area contributed by atoms with E-state index in [2.05, 4.69) is 10.6 Å². The Balaban J connectivity index is 0.00000288. The number of anilines is 1. The van der Waals surface area contributed by atoms with Crippen molar-refractivity contribution in [3.05, 3.63) is 29.3 Å². The standard InChI is InChI=1S/C16H21N3O4.ClH/c1-10-4-3-5-13(11(10)2)17-16(23)18-14(20)9-19-7-6-12(8-19)15(21)22;/h3-5,12H,6-9H2,1-2H3,(H,21,22)(H2,17,18,20,23);1H. The van der Waals surface area contributed by atoms with Crippen LogP contribution in [0.1, 0.15) is 17.5 Å². The molecule has 24 heavy (non-hydrogen) atoms. The highest BCUT2D eigenvalue weighted by Gasteiger charge is 2.29. The van der Waals surface area contributed by atoms with Gasteiger partial charge in [0.2, 0.25) is 5.91 Å². The molecule has 0 aromatic heterocycles. The van der Waals surface area contributed by atoms with E-state index in [1.165, 1.54) is 0 Å². The van der Waals surface area contributed by atoms with E-state index < -0.39 is 23.8 Å². The van der Waals surface area contributed by atoms with E-state index in [0.717, 1.165) is 11.1 Å². The van der Waals surface area contributed by atoms with Crippen LogP contribution in [-0.2, 0) is 9.59 Å². The van der Waals surface area contributed by atoms with Gasteiger partial charge >= 0.3 is 12.0 Å². The quantitative estimate of drug-likeness (QED) is 0.764. The molecule has 7 nitrogen and oxygen atoms in total. The number of rotatable bonds is 4. The van der Waals surface area contributed by atoms with Gasteiger partial charge in [-0.2, -0.15) is 0 Å². The summed E-state index contributed by atoms with van der Waals surface area (Å²) in [4.78, 5) is 36.4. The number of hydrogen-bond donors (Lipinski definition) is 3. The predicted octanol–water partition coefficient (Wildman–Crippen LogP) is 1.78. The summed E-state index contributed by atoms with van der Waals surface area (Å²) in [6.07, 6.45) is 0.525. The molecule has 0 saturated carbocycles. The zero-order valence-electron chi connectivity index (χ0n) is 13.7. The Morgan fingerprint density at radius 3 is 2.62 bits per heavy atom. The second kappa shape index (κ2) is 8.65. The second-order valence-electron chi connectivity index (χ2n) is 5.81. The molecular formula is C16H22ClN3O4. The minimum absolute atomic E-state index is 0. The van der Waals surface area contributed by atoms with Crippen LogP contribution >= 0.6 is 12.4 Å². The lowest BCUT2D eigenvalue weighted by Gasteiger charge is -2.15. The van der Waals surface area contributed by atoms with Gasteiger partial charge in [0, 0.05) is 12.2 Å². The molecule has 1 fully saturated rings. The van der Waals surface area contributed by atoms with Gasteiger partial charge in [-0.3, -0.25) is 19.8 Å². The number of carboxylic acids is 1. The Bertz CT molecular complexity index is 636. The summed E-state index contributed by atoms with van der Waals surface area (Å²) in [5.41, 5.74) is 2.65. The van der Waals surface area contributed by atoms with Crippen LogP contribution in [0.5, 0.6) is 0 Å². The van der Waals surface area contributed by atoms with Gasteiger partial charge in [0.1, 0.15) is 0 Å². The monoisotopic (exact) mass is 355 g/mol. The van der Waals surface area contributed by atoms with Crippen LogP contribution in [0.3, 0.4) is 0 Å². The molecule has 1 saturated heterocycles. The first-order valence-corrected chi connectivity index (χ1v) is 7.49. The van der Waals surface area contributed by atoms with E-state index in [0.29, 0.717) is 25.2 Å². The van der Waals surface area contributed by atoms with Crippen molar-refractivity contribution in [2.75, 3.05) is 25.0 Å². The molecule has 0 aliphatic carbocycles. The number of likely N-dealkylation sites (tertiary alicyclic amines) is 1. The lowest BCUT2D eigenvalue weighted by Crippen LogP contribution is -2.41. The van der Waals surface area contributed by atoms with Gasteiger partial charge in [0.15, 0.2) is 0 Å². The minimum Gasteiger partial charge on any atom is -0.481 e. The Kier molecular flexibility index (Phi) is 7.18. The molecule has 1 aromatic rings. The van der Waals surface area contributed by atoms with Crippen molar-refractivity contribution < 1.29 is 19.5 Å². The molecule has 3 amide bonds. The normalized spacial score (nSPS) is 17.0. The molecule has 0 bridgehead atoms. The first kappa shape index (κ1) is 19.9. The number of carboxylic acid groups (broad SMARTS) is 1. The van der Waals surface area contributed by atoms with E-state index >= 15 is 0 Å². The summed E-state index contributed by atoms with van der Waals surface area (Å²) in [6, 6.07) is 4.95. The number of halogens is 1. The summed E-state index contributed by atoms with van der Waals surface area (Å²) in [5, 5.41) is 13.9. The Labute approximate surface area is 146 Å². The summed E-state index contributed by atoms with van der Waals surface area (Å²) in [6.45, 7) is 4.73. The summed E-state index contributed by atoms with van der Waals surface area (Å²) in [5.74, 6) is -1.73. The SMILES string of the molecule is Cc1cccc(NC(=O)NC(=O)CN2CCC(C(=O)O)C2)c1C.Cl. The number of urea groups is 1. The first-order valence-electron chi connectivity index (χ1n) is 7.49. The average Bonchev–Trinajstić information content (AvgIpc) is 2.92. The molecule has 2 rings (SSSR count). The number of amides is 3. The molecule has 3 N–H and O–H groups in total. The molecule has 1 aliphatic rings. The zero-order valence-corrected chi connectivity index (χ0v) is 14.5. The average molecular weight is 356 g/mol. The van der Waals surface area contributed by atoms with Crippen molar-refractivity contribution in [1.82, 2.24) is 10.2 Å². The predicted molar refractivity (Wildman–Crippen MR) is 92.5 cm³/mol. The third kappa shape index (κ3) is 5.21. The highest BCUT2D eigenvalue weighted by Crippen LogP contribution is 2.18. The fraction of sp³-hybridized carbons (Fsp3) is 0.438. The van der Waals surface area contributed by atoms with Crippen LogP contribution in [0.15, 0.2) is 18.2 Å². The summed E-state index contributed by atoms with van der Waals surface area (Å²) < 4.78 is 0. The van der Waals surface area contributed by atoms with Gasteiger partial charge < -0.3 is 10.4 Å². The van der Waals surface area contributed by atoms with Crippen molar-refractivity contribution in [3.8, 4) is 0 Å². The van der Waals surface area contributed by atoms with E-state index in [1.54, 1.807) is 11.0 Å². The number of hydrogen-bond acceptors (Lipinski definition) is 4. The largest absolute Gasteiger partial charge is 0.481 e. The number of carbonyl (C=O) groups is 3. The van der Waals surface area contributed by atoms with Crippen LogP contribution in [0.25, 0.3) is 0 Å². The third-order valence-electron chi connectivity index (χ3n) is 4.09. The first-order chi connectivity index (χ1) is 10.9. The lowest BCUT2D eigenvalue weighted by atomic mass is 10.1. The molecule has 1 atom stereocenters. The topological polar surface area (TPSA) is 98.7 Å². The Morgan fingerprint density at radius 1 is 1.29 bits per heavy atom. The van der Waals surface area contributed by atoms with Gasteiger partial charge in [-0.1, -0.05) is 12.1 Å². The molecule has 8 heteroatoms. The number of benzene rings is 1. The van der Waals surface area contributed by atoms with E-state index in [1.807, 2.05) is 26.0 Å². The molecule has 1 unspecified atom stereocenters. The third-order valence-corrected chi connectivity index (χ3v) is 4.09. The van der Waals surface area contributed by atoms with Crippen LogP contribution in [0.2, 0.25) is 0 Å². The number of aryl methyl sites for hydroxylation is 1. The number of nitrogens with zero attached hydrogens (tertiary/aromatic N) is 1. The van der Waals surface area contributed by atoms with Crippen molar-refractivity contribution in [2.24, 2.45) is 5.92 Å². The summed E-state index contributed by atoms with van der Waals surface area (Å²) in [7, 11) is 0. The zero-order chi connectivity index (χ0) is 17.0. The number of carbonyl (C=O) groups excluding carboxylic acids is 2. The molecule has 1 heterocycles. The van der Waals surface area contributed by atoms with Crippen LogP contribution in [0, 0.1) is 19.8 Å². The maximum Gasteiger partial charge on any atom is 0.325 e. The van der Waals surface area contributed by atoms with Gasteiger partial charge in [0.05, 0.1) is 12.5 Å². The van der Waals surface area contributed by atoms with Crippen molar-refractivity contribution in [1.29, 1.82) is 0 Å². The fourth-order valence-corrected chi connectivity index (χ4v) is 2.59. The fourth-order valence-electron chi connectivity index (χ4n) is 2.59. The Hall–Kier alpha value is -2.12. The number of aliphatic carboxylic acids is 1. The smallest absolute Gasteiger partial charge is 0.325 e. The molecular weight excluding hydrogens is 334 g/mol. The van der Waals surface area contributed by atoms with Gasteiger partial charge in [0.25, 0.3) is 0 Å². The van der Waals surface area contributed by atoms with Crippen LogP contribution < -0.4 is 10.6 Å². The van der Waals surface area contributed by atoms with Crippen LogP contribution in [0.4, 0.5) is 10.5 Å². The highest BCUT2D eigenvalue weighted by molar-refractivity contribution is 6.02. The molecule has 132 valence electrons. The van der Waals surface area contributed by atoms with Gasteiger partial charge in [-0.25, -0.2) is 4.79 Å². The van der Waals surface area contributed by atoms with E-state index in [-0.39, 0.29) is 19.0 Å². The molecule has 0 radical (unpaired) electrons. The van der Waals surface area contributed by atoms with Crippen molar-refractivity contribution in [2.45, 2.75) is 20.3 Å². The Morgan fingerprint density at radius 2 is 2.00 bits per heavy atom.